The Morgan fingerprint density at radius 1 is 1.56 bits per heavy atom. The minimum absolute atomic E-state index is 0.522. The van der Waals surface area contributed by atoms with E-state index in [9.17, 15) is 0 Å². The van der Waals surface area contributed by atoms with Gasteiger partial charge in [-0.05, 0) is 0 Å². The molecule has 0 amide bonds. The first-order valence-electron chi connectivity index (χ1n) is 3.15. The van der Waals surface area contributed by atoms with Crippen LogP contribution in [-0.2, 0) is 9.57 Å². The van der Waals surface area contributed by atoms with Crippen molar-refractivity contribution in [1.29, 1.82) is 0 Å². The molecule has 0 aliphatic carbocycles. The molecule has 9 heavy (non-hydrogen) atoms. The zero-order valence-electron chi connectivity index (χ0n) is 5.59. The molecule has 0 saturated carbocycles. The van der Waals surface area contributed by atoms with Gasteiger partial charge in [0.25, 0.3) is 0 Å². The van der Waals surface area contributed by atoms with E-state index >= 15 is 0 Å². The Kier molecular flexibility index (Phi) is 2.93. The highest BCUT2D eigenvalue weighted by molar-refractivity contribution is 4.35. The highest BCUT2D eigenvalue weighted by Crippen LogP contribution is 1.92. The van der Waals surface area contributed by atoms with Crippen LogP contribution < -0.4 is 5.43 Å². The van der Waals surface area contributed by atoms with Crippen molar-refractivity contribution in [2.45, 2.75) is 6.92 Å². The van der Waals surface area contributed by atoms with Gasteiger partial charge >= 0.3 is 0 Å². The Balaban J connectivity index is 2.08. The Bertz CT molecular complexity index is 70.6. The highest BCUT2D eigenvalue weighted by Gasteiger charge is 2.07. The number of nitrogens with zero attached hydrogens (tertiary/aromatic N) is 1. The lowest BCUT2D eigenvalue weighted by atomic mass is 10.7. The second kappa shape index (κ2) is 3.79. The van der Waals surface area contributed by atoms with E-state index in [0.717, 1.165) is 6.54 Å². The smallest absolute Gasteiger partial charge is 0.138 e. The van der Waals surface area contributed by atoms with E-state index in [4.69, 9.17) is 9.57 Å². The van der Waals surface area contributed by atoms with E-state index in [2.05, 4.69) is 5.43 Å². The van der Waals surface area contributed by atoms with Crippen molar-refractivity contribution in [1.82, 2.24) is 10.6 Å². The Hall–Kier alpha value is -0.160. The van der Waals surface area contributed by atoms with E-state index in [1.54, 1.807) is 5.17 Å². The molecule has 54 valence electrons. The Labute approximate surface area is 54.7 Å². The lowest BCUT2D eigenvalue weighted by Crippen LogP contribution is -2.43. The van der Waals surface area contributed by atoms with Gasteiger partial charge in [0.2, 0.25) is 0 Å². The number of nitrogens with one attached hydrogen (secondary N) is 1. The molecule has 0 spiro atoms. The molecule has 1 fully saturated rings. The zero-order chi connectivity index (χ0) is 6.53. The molecular formula is C5H12N2O2. The molecule has 0 radical (unpaired) electrons. The molecule has 0 aromatic rings. The van der Waals surface area contributed by atoms with Crippen LogP contribution in [0.1, 0.15) is 6.92 Å². The SMILES string of the molecule is CCNN1COCCO1. The van der Waals surface area contributed by atoms with Gasteiger partial charge in [0.1, 0.15) is 6.73 Å². The second-order valence-electron chi connectivity index (χ2n) is 1.76. The van der Waals surface area contributed by atoms with Crippen molar-refractivity contribution in [3.05, 3.63) is 0 Å². The van der Waals surface area contributed by atoms with Gasteiger partial charge in [-0.15, -0.1) is 0 Å². The van der Waals surface area contributed by atoms with Crippen LogP contribution in [0.5, 0.6) is 0 Å². The number of hydrogen-bond acceptors (Lipinski definition) is 4. The standard InChI is InChI=1S/C5H12N2O2/c1-2-6-7-5-8-3-4-9-7/h6H,2-5H2,1H3. The van der Waals surface area contributed by atoms with Crippen LogP contribution in [0.2, 0.25) is 0 Å². The summed E-state index contributed by atoms with van der Waals surface area (Å²) in [6, 6.07) is 0. The normalized spacial score (nSPS) is 22.3. The quantitative estimate of drug-likeness (QED) is 0.561. The van der Waals surface area contributed by atoms with Crippen molar-refractivity contribution >= 4 is 0 Å². The number of hydrogen-bond donors (Lipinski definition) is 1. The number of hydrazine groups is 1. The van der Waals surface area contributed by atoms with Gasteiger partial charge in [0, 0.05) is 6.54 Å². The first kappa shape index (κ1) is 6.95. The van der Waals surface area contributed by atoms with Crippen molar-refractivity contribution in [2.24, 2.45) is 0 Å². The average molecular weight is 132 g/mol. The van der Waals surface area contributed by atoms with Crippen molar-refractivity contribution < 1.29 is 9.57 Å². The van der Waals surface area contributed by atoms with Crippen molar-refractivity contribution in [2.75, 3.05) is 26.5 Å². The molecule has 1 N–H and O–H groups in total. The number of ether oxygens (including phenoxy) is 1. The summed E-state index contributed by atoms with van der Waals surface area (Å²) >= 11 is 0. The van der Waals surface area contributed by atoms with Gasteiger partial charge in [-0.25, -0.2) is 5.43 Å². The maximum Gasteiger partial charge on any atom is 0.138 e. The van der Waals surface area contributed by atoms with Crippen LogP contribution in [0.3, 0.4) is 0 Å². The van der Waals surface area contributed by atoms with Gasteiger partial charge in [0.05, 0.1) is 13.2 Å². The summed E-state index contributed by atoms with van der Waals surface area (Å²) in [6.07, 6.45) is 0. The summed E-state index contributed by atoms with van der Waals surface area (Å²) in [5.41, 5.74) is 2.97. The van der Waals surface area contributed by atoms with E-state index in [1.165, 1.54) is 0 Å². The van der Waals surface area contributed by atoms with Crippen LogP contribution in [0.4, 0.5) is 0 Å². The van der Waals surface area contributed by atoms with Crippen LogP contribution in [0.15, 0.2) is 0 Å². The van der Waals surface area contributed by atoms with Crippen LogP contribution in [-0.4, -0.2) is 31.7 Å². The Morgan fingerprint density at radius 3 is 3.00 bits per heavy atom. The average Bonchev–Trinajstić information content (AvgIpc) is 1.91. The molecule has 1 aliphatic rings. The predicted octanol–water partition coefficient (Wildman–Crippen LogP) is -0.268. The first-order valence-corrected chi connectivity index (χ1v) is 3.15. The molecule has 0 atom stereocenters. The fraction of sp³-hybridized carbons (Fsp3) is 1.00. The van der Waals surface area contributed by atoms with Crippen molar-refractivity contribution in [3.63, 3.8) is 0 Å². The molecule has 1 saturated heterocycles. The third-order valence-electron chi connectivity index (χ3n) is 1.02. The predicted molar refractivity (Wildman–Crippen MR) is 32.3 cm³/mol. The van der Waals surface area contributed by atoms with Gasteiger partial charge in [-0.2, -0.15) is 0 Å². The van der Waals surface area contributed by atoms with Gasteiger partial charge in [-0.3, -0.25) is 4.84 Å². The number of rotatable bonds is 2. The molecule has 0 aromatic heterocycles. The fourth-order valence-electron chi connectivity index (χ4n) is 0.659. The molecule has 4 nitrogen and oxygen atoms in total. The minimum atomic E-state index is 0.522. The summed E-state index contributed by atoms with van der Waals surface area (Å²) in [7, 11) is 0. The fourth-order valence-corrected chi connectivity index (χ4v) is 0.659. The third-order valence-corrected chi connectivity index (χ3v) is 1.02. The molecule has 0 bridgehead atoms. The van der Waals surface area contributed by atoms with E-state index in [0.29, 0.717) is 19.9 Å². The second-order valence-corrected chi connectivity index (χ2v) is 1.76. The van der Waals surface area contributed by atoms with Gasteiger partial charge in [0.15, 0.2) is 0 Å². The largest absolute Gasteiger partial charge is 0.360 e. The van der Waals surface area contributed by atoms with E-state index in [-0.39, 0.29) is 0 Å². The summed E-state index contributed by atoms with van der Waals surface area (Å²) in [4.78, 5) is 5.12. The zero-order valence-corrected chi connectivity index (χ0v) is 5.59. The monoisotopic (exact) mass is 132 g/mol. The summed E-state index contributed by atoms with van der Waals surface area (Å²) in [5.74, 6) is 0. The lowest BCUT2D eigenvalue weighted by molar-refractivity contribution is -0.282. The van der Waals surface area contributed by atoms with Gasteiger partial charge in [-0.1, -0.05) is 12.1 Å². The highest BCUT2D eigenvalue weighted by atomic mass is 16.8. The summed E-state index contributed by atoms with van der Waals surface area (Å²) in [5, 5.41) is 1.60. The lowest BCUT2D eigenvalue weighted by Gasteiger charge is -2.25. The minimum Gasteiger partial charge on any atom is -0.360 e. The third kappa shape index (κ3) is 2.28. The first-order chi connectivity index (χ1) is 4.43. The summed E-state index contributed by atoms with van der Waals surface area (Å²) in [6.45, 7) is 4.74. The molecule has 1 rings (SSSR count). The molecule has 1 heterocycles. The van der Waals surface area contributed by atoms with Crippen LogP contribution >= 0.6 is 0 Å². The van der Waals surface area contributed by atoms with E-state index < -0.39 is 0 Å². The Morgan fingerprint density at radius 2 is 2.44 bits per heavy atom. The molecular weight excluding hydrogens is 120 g/mol. The molecule has 4 heteroatoms. The molecule has 0 unspecified atom stereocenters. The molecule has 0 aromatic carbocycles. The topological polar surface area (TPSA) is 33.7 Å². The van der Waals surface area contributed by atoms with Gasteiger partial charge < -0.3 is 4.74 Å². The number of hydroxylamine groups is 1. The van der Waals surface area contributed by atoms with E-state index in [1.807, 2.05) is 6.92 Å². The maximum atomic E-state index is 5.12. The van der Waals surface area contributed by atoms with Crippen LogP contribution in [0.25, 0.3) is 0 Å². The molecule has 1 aliphatic heterocycles. The van der Waals surface area contributed by atoms with Crippen molar-refractivity contribution in [3.8, 4) is 0 Å². The maximum absolute atomic E-state index is 5.12. The van der Waals surface area contributed by atoms with Crippen LogP contribution in [0, 0.1) is 0 Å². The summed E-state index contributed by atoms with van der Waals surface area (Å²) < 4.78 is 5.07.